The Bertz CT molecular complexity index is 725. The number of fused-ring (bicyclic) bond motifs is 3. The summed E-state index contributed by atoms with van der Waals surface area (Å²) < 4.78 is 1.73. The lowest BCUT2D eigenvalue weighted by Gasteiger charge is -2.02. The van der Waals surface area contributed by atoms with Crippen molar-refractivity contribution in [2.75, 3.05) is 11.5 Å². The number of aryl methyl sites for hydroxylation is 1. The number of aromatic hydroxyl groups is 2. The normalized spacial score (nSPS) is 11.4. The smallest absolute Gasteiger partial charge is 0.141 e. The van der Waals surface area contributed by atoms with E-state index in [9.17, 15) is 10.2 Å². The average molecular weight is 243 g/mol. The number of nitrogens with zero attached hydrogens (tertiary/aromatic N) is 1. The minimum absolute atomic E-state index is 0.0849. The predicted molar refractivity (Wildman–Crippen MR) is 72.6 cm³/mol. The van der Waals surface area contributed by atoms with Crippen LogP contribution in [0.3, 0.4) is 0 Å². The molecule has 5 nitrogen and oxygen atoms in total. The van der Waals surface area contributed by atoms with Gasteiger partial charge in [-0.1, -0.05) is 0 Å². The first-order valence-corrected chi connectivity index (χ1v) is 5.48. The lowest BCUT2D eigenvalue weighted by Crippen LogP contribution is -1.90. The van der Waals surface area contributed by atoms with Gasteiger partial charge in [-0.3, -0.25) is 0 Å². The monoisotopic (exact) mass is 243 g/mol. The number of hydrogen-bond acceptors (Lipinski definition) is 4. The lowest BCUT2D eigenvalue weighted by molar-refractivity contribution is 0.476. The van der Waals surface area contributed by atoms with Crippen molar-refractivity contribution in [3.05, 3.63) is 24.3 Å². The fraction of sp³-hybridized carbons (Fsp3) is 0.0769. The van der Waals surface area contributed by atoms with Gasteiger partial charge in [0.1, 0.15) is 11.5 Å². The highest BCUT2D eigenvalue weighted by Gasteiger charge is 2.15. The molecule has 6 N–H and O–H groups in total. The molecule has 0 spiro atoms. The minimum Gasteiger partial charge on any atom is -0.506 e. The second-order valence-electron chi connectivity index (χ2n) is 4.43. The van der Waals surface area contributed by atoms with Crippen molar-refractivity contribution in [1.82, 2.24) is 4.57 Å². The maximum absolute atomic E-state index is 9.98. The Kier molecular flexibility index (Phi) is 1.90. The molecule has 1 aromatic heterocycles. The molecule has 0 radical (unpaired) electrons. The van der Waals surface area contributed by atoms with Gasteiger partial charge in [-0.15, -0.1) is 0 Å². The predicted octanol–water partition coefficient (Wildman–Crippen LogP) is 1.91. The lowest BCUT2D eigenvalue weighted by atomic mass is 10.1. The Balaban J connectivity index is 2.67. The third-order valence-corrected chi connectivity index (χ3v) is 3.19. The van der Waals surface area contributed by atoms with Gasteiger partial charge in [0, 0.05) is 41.3 Å². The Labute approximate surface area is 103 Å². The summed E-state index contributed by atoms with van der Waals surface area (Å²) in [5, 5.41) is 21.5. The molecule has 0 fully saturated rings. The molecule has 1 heterocycles. The fourth-order valence-electron chi connectivity index (χ4n) is 2.51. The highest BCUT2D eigenvalue weighted by atomic mass is 16.3. The number of phenolic OH excluding ortho intramolecular Hbond substituents is 2. The topological polar surface area (TPSA) is 97.4 Å². The summed E-state index contributed by atoms with van der Waals surface area (Å²) in [6, 6.07) is 6.50. The summed E-state index contributed by atoms with van der Waals surface area (Å²) in [7, 11) is 1.77. The first-order chi connectivity index (χ1) is 8.49. The van der Waals surface area contributed by atoms with E-state index in [1.165, 1.54) is 12.1 Å². The molecule has 0 aliphatic rings. The van der Waals surface area contributed by atoms with Gasteiger partial charge in [0.25, 0.3) is 0 Å². The quantitative estimate of drug-likeness (QED) is 0.453. The second kappa shape index (κ2) is 3.22. The van der Waals surface area contributed by atoms with Crippen molar-refractivity contribution < 1.29 is 10.2 Å². The van der Waals surface area contributed by atoms with Crippen LogP contribution in [0.5, 0.6) is 11.5 Å². The van der Waals surface area contributed by atoms with Crippen molar-refractivity contribution in [2.45, 2.75) is 0 Å². The molecule has 0 aliphatic carbocycles. The maximum atomic E-state index is 9.98. The van der Waals surface area contributed by atoms with Crippen LogP contribution in [-0.2, 0) is 7.05 Å². The van der Waals surface area contributed by atoms with E-state index < -0.39 is 0 Å². The van der Waals surface area contributed by atoms with Crippen LogP contribution >= 0.6 is 0 Å². The zero-order valence-electron chi connectivity index (χ0n) is 9.81. The molecular weight excluding hydrogens is 230 g/mol. The van der Waals surface area contributed by atoms with Crippen LogP contribution in [0.1, 0.15) is 0 Å². The zero-order chi connectivity index (χ0) is 13.0. The van der Waals surface area contributed by atoms with E-state index in [2.05, 4.69) is 0 Å². The number of rotatable bonds is 0. The van der Waals surface area contributed by atoms with E-state index in [0.717, 1.165) is 10.8 Å². The van der Waals surface area contributed by atoms with Crippen LogP contribution in [0, 0.1) is 0 Å². The van der Waals surface area contributed by atoms with E-state index in [0.29, 0.717) is 22.4 Å². The molecule has 0 saturated heterocycles. The van der Waals surface area contributed by atoms with Gasteiger partial charge in [0.05, 0.1) is 11.0 Å². The van der Waals surface area contributed by atoms with Crippen molar-refractivity contribution in [3.8, 4) is 11.5 Å². The summed E-state index contributed by atoms with van der Waals surface area (Å²) in [5.41, 5.74) is 13.7. The van der Waals surface area contributed by atoms with Crippen LogP contribution in [0.4, 0.5) is 11.4 Å². The molecule has 0 bridgehead atoms. The van der Waals surface area contributed by atoms with Crippen molar-refractivity contribution >= 4 is 33.2 Å². The number of hydrogen-bond donors (Lipinski definition) is 4. The molecule has 5 heteroatoms. The van der Waals surface area contributed by atoms with E-state index >= 15 is 0 Å². The third-order valence-electron chi connectivity index (χ3n) is 3.19. The van der Waals surface area contributed by atoms with Gasteiger partial charge in [-0.25, -0.2) is 0 Å². The summed E-state index contributed by atoms with van der Waals surface area (Å²) in [4.78, 5) is 0. The van der Waals surface area contributed by atoms with Gasteiger partial charge in [-0.05, 0) is 12.1 Å². The van der Waals surface area contributed by atoms with Crippen molar-refractivity contribution in [3.63, 3.8) is 0 Å². The highest BCUT2D eigenvalue weighted by Crippen LogP contribution is 2.39. The number of nitrogens with two attached hydrogens (primary N) is 2. The van der Waals surface area contributed by atoms with E-state index in [-0.39, 0.29) is 11.5 Å². The van der Waals surface area contributed by atoms with Gasteiger partial charge < -0.3 is 26.2 Å². The second-order valence-corrected chi connectivity index (χ2v) is 4.43. The van der Waals surface area contributed by atoms with Gasteiger partial charge in [0.2, 0.25) is 0 Å². The highest BCUT2D eigenvalue weighted by molar-refractivity contribution is 6.13. The average Bonchev–Trinajstić information content (AvgIpc) is 2.52. The van der Waals surface area contributed by atoms with Gasteiger partial charge in [-0.2, -0.15) is 0 Å². The minimum atomic E-state index is 0.0849. The fourth-order valence-corrected chi connectivity index (χ4v) is 2.51. The van der Waals surface area contributed by atoms with E-state index in [1.54, 1.807) is 23.7 Å². The van der Waals surface area contributed by atoms with Crippen LogP contribution in [-0.4, -0.2) is 14.8 Å². The Morgan fingerprint density at radius 2 is 1.22 bits per heavy atom. The molecule has 0 atom stereocenters. The number of nitrogen functional groups attached to an aromatic ring is 2. The first-order valence-electron chi connectivity index (χ1n) is 5.48. The SMILES string of the molecule is Cn1c2c(O)cc(N)cc2c2cc(N)cc(O)c21. The van der Waals surface area contributed by atoms with E-state index in [1.807, 2.05) is 0 Å². The number of aromatic nitrogens is 1. The zero-order valence-corrected chi connectivity index (χ0v) is 9.81. The van der Waals surface area contributed by atoms with Crippen LogP contribution in [0.15, 0.2) is 24.3 Å². The van der Waals surface area contributed by atoms with E-state index in [4.69, 9.17) is 11.5 Å². The van der Waals surface area contributed by atoms with Crippen LogP contribution in [0.25, 0.3) is 21.8 Å². The largest absolute Gasteiger partial charge is 0.506 e. The first kappa shape index (κ1) is 10.6. The summed E-state index contributed by atoms with van der Waals surface area (Å²) in [6.07, 6.45) is 0. The molecule has 0 unspecified atom stereocenters. The van der Waals surface area contributed by atoms with Crippen molar-refractivity contribution in [1.29, 1.82) is 0 Å². The van der Waals surface area contributed by atoms with Crippen LogP contribution in [0.2, 0.25) is 0 Å². The molecule has 0 amide bonds. The van der Waals surface area contributed by atoms with Gasteiger partial charge >= 0.3 is 0 Å². The summed E-state index contributed by atoms with van der Waals surface area (Å²) >= 11 is 0. The molecule has 0 saturated carbocycles. The Morgan fingerprint density at radius 3 is 1.61 bits per heavy atom. The molecule has 2 aromatic carbocycles. The number of phenols is 2. The summed E-state index contributed by atoms with van der Waals surface area (Å²) in [5.74, 6) is 0.170. The third kappa shape index (κ3) is 1.21. The molecule has 3 rings (SSSR count). The van der Waals surface area contributed by atoms with Gasteiger partial charge in [0.15, 0.2) is 0 Å². The summed E-state index contributed by atoms with van der Waals surface area (Å²) in [6.45, 7) is 0. The molecule has 92 valence electrons. The molecule has 18 heavy (non-hydrogen) atoms. The standard InChI is InChI=1S/C13H13N3O2/c1-16-12-8(2-6(14)4-10(12)17)9-3-7(15)5-11(18)13(9)16/h2-5,17-18H,14-15H2,1H3. The molecule has 3 aromatic rings. The van der Waals surface area contributed by atoms with Crippen LogP contribution < -0.4 is 11.5 Å². The number of anilines is 2. The van der Waals surface area contributed by atoms with Crippen molar-refractivity contribution in [2.24, 2.45) is 7.05 Å². The Morgan fingerprint density at radius 1 is 0.833 bits per heavy atom. The molecular formula is C13H13N3O2. The number of benzene rings is 2. The molecule has 0 aliphatic heterocycles. The maximum Gasteiger partial charge on any atom is 0.141 e. The Hall–Kier alpha value is -2.56.